The molecule has 0 bridgehead atoms. The van der Waals surface area contributed by atoms with Gasteiger partial charge < -0.3 is 153 Å². The van der Waals surface area contributed by atoms with Crippen molar-refractivity contribution < 1.29 is 124 Å². The number of imidazole rings is 5. The summed E-state index contributed by atoms with van der Waals surface area (Å²) in [5.41, 5.74) is 36.6. The zero-order chi connectivity index (χ0) is 96.2. The molecule has 10 aromatic heterocycles. The van der Waals surface area contributed by atoms with Crippen LogP contribution < -0.4 is 52.4 Å². The first kappa shape index (κ1) is 97.7. The van der Waals surface area contributed by atoms with Crippen molar-refractivity contribution in [2.75, 3.05) is 74.9 Å². The molecule has 7 aliphatic rings. The molecule has 7 fully saturated rings. The molecule has 137 heavy (non-hydrogen) atoms. The van der Waals surface area contributed by atoms with Gasteiger partial charge in [-0.15, -0.1) is 0 Å². The number of nitrogen functional groups attached to an aromatic ring is 5. The first-order valence-electron chi connectivity index (χ1n) is 44.9. The Morgan fingerprint density at radius 2 is 0.547 bits per heavy atom. The minimum Gasteiger partial charge on any atom is -0.463 e. The maximum atomic E-state index is 10.3. The van der Waals surface area contributed by atoms with Crippen molar-refractivity contribution in [3.63, 3.8) is 0 Å². The maximum Gasteiger partial charge on any atom is 0.320 e. The standard InChI is InChI=1S/C21H27N5O5.C18H21N5O5.C17H19N5O5.C16H23N5O5.C15H21N5O5/c22-18-15-19(26(12-23-15)20-17(29)16(28)14(11-27)31-20)25-21(24-18)30-10-6-2-5-9-13-7-3-1-4-8-13;19-15-12-16(22-18(21-15)27-7-6-10-4-2-1-3-5-10)23(9-20-12)17-14(26)13(25)11(8-24)28-17;18-14-11-15(21-17(20-14)26-7-9-4-2-1-3-5-9)22(8-19-11)16-13(25)12(24)10(6-23)27-16;17-13-10-14(20-16(19-13)25-8-4-2-1-3-5-8)21(7-18-10)15-12(24)11(23)9(6-22)26-15;16-12-9-13(19-15(18-12)24-7-3-1-2-4-7)20(6-17-9)14-11(23)10(22)8(5-21)25-14/h1,3-4,7-8,12,14,16-17,20,27-29H,2,5-6,9-11H2,(H2,22,24,25);1-5,9,11,13-14,17,24-26H,6-8H2,(H2,19,21,22);1-5,8,10,12-13,16,23-25H,6-7H2,(H2,18,20,21);7-9,11-12,15,22-24H,1-6H2,(H2,17,19,20);6-8,10-11,14,21-23H,1-5H2,(H2,16,18,19)/t14-,16-,17-,20-;11-,13-,14-,17-;10-,12-,13-,16-;9-,11-,12-,15-;8-,10-,11-,14-/m11111/s1. The molecule has 20 rings (SSSR count). The lowest BCUT2D eigenvalue weighted by Gasteiger charge is -2.22. The smallest absolute Gasteiger partial charge is 0.320 e. The number of fused-ring (bicyclic) bond motifs is 5. The first-order chi connectivity index (χ1) is 66.4. The van der Waals surface area contributed by atoms with Crippen LogP contribution in [0.5, 0.6) is 30.1 Å². The van der Waals surface area contributed by atoms with Gasteiger partial charge in [0.05, 0.1) is 77.9 Å². The number of nitrogens with zero attached hydrogens (tertiary/aromatic N) is 20. The van der Waals surface area contributed by atoms with Crippen LogP contribution in [0.15, 0.2) is 123 Å². The fourth-order valence-electron chi connectivity index (χ4n) is 16.9. The molecular formula is C87H111N25O25. The van der Waals surface area contributed by atoms with Crippen LogP contribution in [0.3, 0.4) is 0 Å². The Morgan fingerprint density at radius 3 is 0.847 bits per heavy atom. The molecule has 5 aliphatic heterocycles. The molecule has 50 heteroatoms. The van der Waals surface area contributed by atoms with Crippen molar-refractivity contribution in [1.29, 1.82) is 0 Å². The van der Waals surface area contributed by atoms with E-state index in [-0.39, 0.29) is 78.0 Å². The van der Waals surface area contributed by atoms with Crippen LogP contribution in [0.1, 0.15) is 125 Å². The predicted molar refractivity (Wildman–Crippen MR) is 480 cm³/mol. The van der Waals surface area contributed by atoms with Gasteiger partial charge in [-0.05, 0) is 93.7 Å². The molecular weight excluding hydrogens is 1800 g/mol. The van der Waals surface area contributed by atoms with Gasteiger partial charge in [-0.2, -0.15) is 49.8 Å². The fourth-order valence-corrected chi connectivity index (χ4v) is 16.9. The molecule has 2 saturated carbocycles. The second-order valence-electron chi connectivity index (χ2n) is 33.6. The SMILES string of the molecule is Nc1nc(OC2CCCC2)nc2c1ncn2[C@@H]1O[C@H](CO)[C@@H](O)[C@H]1O.Nc1nc(OC2CCCCC2)nc2c1ncn2[C@@H]1O[C@H](CO)[C@@H](O)[C@H]1O.Nc1nc(OCCCCCc2ccccc2)nc2c1ncn2[C@@H]1O[C@H](CO)[C@@H](O)[C@H]1O.Nc1nc(OCCc2ccccc2)nc2c1ncn2[C@@H]1O[C@H](CO)[C@@H](O)[C@H]1O.Nc1nc(OCc2ccccc2)nc2c1ncn2[C@@H]1O[C@H](CO)[C@@H](O)[C@H]1O. The average Bonchev–Trinajstić information content (AvgIpc) is 1.64. The summed E-state index contributed by atoms with van der Waals surface area (Å²) in [7, 11) is 0. The Balaban J connectivity index is 0.000000124. The number of unbranched alkanes of at least 4 members (excludes halogenated alkanes) is 2. The Labute approximate surface area is 778 Å². The summed E-state index contributed by atoms with van der Waals surface area (Å²) in [5, 5.41) is 147. The lowest BCUT2D eigenvalue weighted by molar-refractivity contribution is -0.0511. The van der Waals surface area contributed by atoms with Crippen molar-refractivity contribution in [3.8, 4) is 30.1 Å². The number of nitrogens with two attached hydrogens (primary N) is 5. The Kier molecular flexibility index (Phi) is 31.6. The van der Waals surface area contributed by atoms with E-state index in [0.717, 1.165) is 88.2 Å². The van der Waals surface area contributed by atoms with E-state index >= 15 is 0 Å². The van der Waals surface area contributed by atoms with Crippen molar-refractivity contribution >= 4 is 84.9 Å². The number of ether oxygens (including phenoxy) is 10. The molecule has 2 aliphatic carbocycles. The molecule has 15 heterocycles. The van der Waals surface area contributed by atoms with Gasteiger partial charge in [0.2, 0.25) is 0 Å². The number of anilines is 5. The number of aryl methyl sites for hydroxylation is 1. The lowest BCUT2D eigenvalue weighted by atomic mass is 9.98. The van der Waals surface area contributed by atoms with Crippen molar-refractivity contribution in [2.24, 2.45) is 0 Å². The molecule has 13 aromatic rings. The summed E-state index contributed by atoms with van der Waals surface area (Å²) >= 11 is 0. The van der Waals surface area contributed by atoms with E-state index in [0.29, 0.717) is 75.5 Å². The van der Waals surface area contributed by atoms with Crippen molar-refractivity contribution in [2.45, 2.75) is 231 Å². The third-order valence-electron chi connectivity index (χ3n) is 24.4. The fraction of sp³-hybridized carbons (Fsp3) is 0.506. The molecule has 25 N–H and O–H groups in total. The second-order valence-corrected chi connectivity index (χ2v) is 33.6. The first-order valence-corrected chi connectivity index (χ1v) is 44.9. The van der Waals surface area contributed by atoms with E-state index in [4.69, 9.17) is 76.0 Å². The summed E-state index contributed by atoms with van der Waals surface area (Å²) < 4.78 is 63.6. The summed E-state index contributed by atoms with van der Waals surface area (Å²) in [5.74, 6) is 0.739. The van der Waals surface area contributed by atoms with Gasteiger partial charge in [0.1, 0.15) is 110 Å². The molecule has 0 radical (unpaired) electrons. The molecule has 5 saturated heterocycles. The normalized spacial score (nSPS) is 26.6. The van der Waals surface area contributed by atoms with Gasteiger partial charge in [0.25, 0.3) is 0 Å². The van der Waals surface area contributed by atoms with Gasteiger partial charge in [0.15, 0.2) is 116 Å². The number of aliphatic hydroxyl groups excluding tert-OH is 15. The van der Waals surface area contributed by atoms with Gasteiger partial charge in [-0.1, -0.05) is 97.4 Å². The van der Waals surface area contributed by atoms with Crippen LogP contribution in [0.4, 0.5) is 29.1 Å². The van der Waals surface area contributed by atoms with Gasteiger partial charge in [0, 0.05) is 6.42 Å². The third-order valence-corrected chi connectivity index (χ3v) is 24.4. The number of hydrogen-bond donors (Lipinski definition) is 20. The Hall–Kier alpha value is -12.4. The zero-order valence-corrected chi connectivity index (χ0v) is 73.9. The monoisotopic (exact) mass is 1910 g/mol. The van der Waals surface area contributed by atoms with E-state index in [9.17, 15) is 76.6 Å². The quantitative estimate of drug-likeness (QED) is 0.0265. The summed E-state index contributed by atoms with van der Waals surface area (Å²) in [6.07, 6.45) is -0.344. The Bertz CT molecular complexity index is 6110. The van der Waals surface area contributed by atoms with Gasteiger partial charge >= 0.3 is 30.1 Å². The zero-order valence-electron chi connectivity index (χ0n) is 73.9. The predicted octanol–water partition coefficient (Wildman–Crippen LogP) is -0.875. The summed E-state index contributed by atoms with van der Waals surface area (Å²) in [6, 6.07) is 30.3. The molecule has 0 spiro atoms. The number of aliphatic hydroxyl groups is 15. The van der Waals surface area contributed by atoms with Gasteiger partial charge in [-0.25, -0.2) is 24.9 Å². The highest BCUT2D eigenvalue weighted by molar-refractivity contribution is 5.85. The molecule has 3 aromatic carbocycles. The molecule has 0 amide bonds. The number of hydrogen-bond acceptors (Lipinski definition) is 45. The lowest BCUT2D eigenvalue weighted by Crippen LogP contribution is -2.33. The second kappa shape index (κ2) is 44.4. The van der Waals surface area contributed by atoms with Crippen molar-refractivity contribution in [3.05, 3.63) is 139 Å². The molecule has 734 valence electrons. The van der Waals surface area contributed by atoms with E-state index in [1.165, 1.54) is 66.5 Å². The largest absolute Gasteiger partial charge is 0.463 e. The topological polar surface area (TPSA) is 744 Å². The molecule has 20 atom stereocenters. The highest BCUT2D eigenvalue weighted by Crippen LogP contribution is 2.40. The van der Waals surface area contributed by atoms with Crippen LogP contribution in [0.2, 0.25) is 0 Å². The van der Waals surface area contributed by atoms with Crippen LogP contribution in [-0.4, -0.2) is 324 Å². The van der Waals surface area contributed by atoms with E-state index < -0.39 is 156 Å². The average molecular weight is 1910 g/mol. The van der Waals surface area contributed by atoms with Crippen LogP contribution in [0, 0.1) is 0 Å². The highest BCUT2D eigenvalue weighted by Gasteiger charge is 2.49. The molecule has 0 unspecified atom stereocenters. The van der Waals surface area contributed by atoms with E-state index in [1.54, 1.807) is 0 Å². The van der Waals surface area contributed by atoms with E-state index in [2.05, 4.69) is 86.9 Å². The van der Waals surface area contributed by atoms with E-state index in [1.807, 2.05) is 78.9 Å². The summed E-state index contributed by atoms with van der Waals surface area (Å²) in [4.78, 5) is 63.3. The molecule has 50 nitrogen and oxygen atoms in total. The van der Waals surface area contributed by atoms with Crippen LogP contribution in [0.25, 0.3) is 55.8 Å². The summed E-state index contributed by atoms with van der Waals surface area (Å²) in [6.45, 7) is -1.02. The maximum absolute atomic E-state index is 10.3. The third kappa shape index (κ3) is 21.8. The minimum absolute atomic E-state index is 0.0531. The Morgan fingerprint density at radius 1 is 0.285 bits per heavy atom. The highest BCUT2D eigenvalue weighted by atomic mass is 16.6. The number of rotatable bonds is 28. The number of benzene rings is 3. The number of aromatic nitrogens is 20. The van der Waals surface area contributed by atoms with Crippen molar-refractivity contribution in [1.82, 2.24) is 97.6 Å². The van der Waals surface area contributed by atoms with Gasteiger partial charge in [-0.3, -0.25) is 22.8 Å². The van der Waals surface area contributed by atoms with Crippen LogP contribution in [-0.2, 0) is 43.1 Å². The minimum atomic E-state index is -1.26. The van der Waals surface area contributed by atoms with Crippen LogP contribution >= 0.6 is 0 Å².